The molecule has 18 heavy (non-hydrogen) atoms. The number of hydrogen-bond donors (Lipinski definition) is 1. The molecule has 108 valence electrons. The molecule has 0 aromatic rings. The van der Waals surface area contributed by atoms with Gasteiger partial charge in [-0.3, -0.25) is 4.79 Å². The molecule has 0 saturated carbocycles. The van der Waals surface area contributed by atoms with Crippen molar-refractivity contribution in [1.82, 2.24) is 0 Å². The molecule has 0 heterocycles. The van der Waals surface area contributed by atoms with Gasteiger partial charge in [0.25, 0.3) is 0 Å². The maximum absolute atomic E-state index is 10.2. The third-order valence-electron chi connectivity index (χ3n) is 2.32. The van der Waals surface area contributed by atoms with Crippen LogP contribution in [-0.2, 0) is 19.0 Å². The third kappa shape index (κ3) is 15.4. The van der Waals surface area contributed by atoms with Crippen LogP contribution in [0.5, 0.6) is 0 Å². The Kier molecular flexibility index (Phi) is 13.9. The highest BCUT2D eigenvalue weighted by Gasteiger charge is 1.96. The molecule has 0 unspecified atom stereocenters. The first-order chi connectivity index (χ1) is 8.77. The summed E-state index contributed by atoms with van der Waals surface area (Å²) in [6.45, 7) is 5.71. The van der Waals surface area contributed by atoms with Gasteiger partial charge in [-0.15, -0.1) is 0 Å². The number of hydrogen-bond acceptors (Lipinski definition) is 4. The molecule has 0 aromatic heterocycles. The number of ether oxygens (including phenoxy) is 3. The highest BCUT2D eigenvalue weighted by atomic mass is 16.5. The van der Waals surface area contributed by atoms with Gasteiger partial charge in [-0.25, -0.2) is 0 Å². The Morgan fingerprint density at radius 3 is 1.83 bits per heavy atom. The molecule has 0 radical (unpaired) electrons. The monoisotopic (exact) mass is 262 g/mol. The van der Waals surface area contributed by atoms with Crippen molar-refractivity contribution in [2.45, 2.75) is 39.0 Å². The van der Waals surface area contributed by atoms with E-state index in [2.05, 4.69) is 6.92 Å². The lowest BCUT2D eigenvalue weighted by molar-refractivity contribution is -0.137. The number of carboxylic acids is 1. The van der Waals surface area contributed by atoms with Gasteiger partial charge in [-0.05, 0) is 12.8 Å². The first-order valence-electron chi connectivity index (χ1n) is 6.72. The summed E-state index contributed by atoms with van der Waals surface area (Å²) >= 11 is 0. The fourth-order valence-corrected chi connectivity index (χ4v) is 1.32. The van der Waals surface area contributed by atoms with Crippen LogP contribution in [0.3, 0.4) is 0 Å². The first-order valence-corrected chi connectivity index (χ1v) is 6.72. The molecule has 0 fully saturated rings. The van der Waals surface area contributed by atoms with Crippen molar-refractivity contribution >= 4 is 5.97 Å². The number of carboxylic acid groups (broad SMARTS) is 1. The zero-order chi connectivity index (χ0) is 13.5. The minimum atomic E-state index is -0.782. The van der Waals surface area contributed by atoms with Crippen LogP contribution in [-0.4, -0.2) is 50.7 Å². The number of unbranched alkanes of at least 4 members (excludes halogenated alkanes) is 2. The molecule has 0 atom stereocenters. The molecule has 0 amide bonds. The van der Waals surface area contributed by atoms with E-state index in [4.69, 9.17) is 19.3 Å². The largest absolute Gasteiger partial charge is 0.481 e. The summed E-state index contributed by atoms with van der Waals surface area (Å²) in [5, 5.41) is 8.40. The van der Waals surface area contributed by atoms with Crippen molar-refractivity contribution in [3.63, 3.8) is 0 Å². The Balaban J connectivity index is 2.92. The Morgan fingerprint density at radius 2 is 1.33 bits per heavy atom. The van der Waals surface area contributed by atoms with E-state index < -0.39 is 5.97 Å². The predicted molar refractivity (Wildman–Crippen MR) is 68.9 cm³/mol. The summed E-state index contributed by atoms with van der Waals surface area (Å²) in [6.07, 6.45) is 4.25. The van der Waals surface area contributed by atoms with Crippen molar-refractivity contribution in [1.29, 1.82) is 0 Å². The molecule has 0 bridgehead atoms. The minimum absolute atomic E-state index is 0.159. The van der Waals surface area contributed by atoms with Crippen LogP contribution in [0.4, 0.5) is 0 Å². The predicted octanol–water partition coefficient (Wildman–Crippen LogP) is 2.09. The quantitative estimate of drug-likeness (QED) is 0.486. The Bertz CT molecular complexity index is 184. The normalized spacial score (nSPS) is 10.7. The van der Waals surface area contributed by atoms with Gasteiger partial charge in [0.05, 0.1) is 26.4 Å². The smallest absolute Gasteiger partial charge is 0.303 e. The number of aliphatic carboxylic acids is 1. The summed E-state index contributed by atoms with van der Waals surface area (Å²) in [5.41, 5.74) is 0. The van der Waals surface area contributed by atoms with Crippen molar-refractivity contribution in [2.75, 3.05) is 39.6 Å². The van der Waals surface area contributed by atoms with Crippen LogP contribution in [0.1, 0.15) is 39.0 Å². The summed E-state index contributed by atoms with van der Waals surface area (Å²) in [7, 11) is 0. The van der Waals surface area contributed by atoms with Gasteiger partial charge in [0.1, 0.15) is 0 Å². The average Bonchev–Trinajstić information content (AvgIpc) is 2.34. The Morgan fingerprint density at radius 1 is 0.833 bits per heavy atom. The molecule has 0 saturated heterocycles. The first kappa shape index (κ1) is 17.4. The minimum Gasteiger partial charge on any atom is -0.481 e. The van der Waals surface area contributed by atoms with Gasteiger partial charge < -0.3 is 19.3 Å². The van der Waals surface area contributed by atoms with Crippen LogP contribution >= 0.6 is 0 Å². The van der Waals surface area contributed by atoms with Gasteiger partial charge in [-0.2, -0.15) is 0 Å². The van der Waals surface area contributed by atoms with E-state index in [1.165, 1.54) is 12.8 Å². The molecular weight excluding hydrogens is 236 g/mol. The van der Waals surface area contributed by atoms with Crippen molar-refractivity contribution in [3.05, 3.63) is 0 Å². The van der Waals surface area contributed by atoms with E-state index in [-0.39, 0.29) is 6.42 Å². The second-order valence-corrected chi connectivity index (χ2v) is 4.04. The van der Waals surface area contributed by atoms with E-state index in [1.807, 2.05) is 0 Å². The fraction of sp³-hybridized carbons (Fsp3) is 0.923. The van der Waals surface area contributed by atoms with Crippen LogP contribution in [0.15, 0.2) is 0 Å². The van der Waals surface area contributed by atoms with E-state index in [9.17, 15) is 4.79 Å². The molecule has 0 aromatic carbocycles. The molecule has 0 rings (SSSR count). The molecule has 0 spiro atoms. The zero-order valence-electron chi connectivity index (χ0n) is 11.4. The molecule has 5 nitrogen and oxygen atoms in total. The lowest BCUT2D eigenvalue weighted by atomic mass is 10.3. The maximum Gasteiger partial charge on any atom is 0.303 e. The standard InChI is InChI=1S/C13H26O5/c1-2-3-4-7-16-9-11-18-12-10-17-8-5-6-13(14)15/h2-12H2,1H3,(H,14,15). The second-order valence-electron chi connectivity index (χ2n) is 4.04. The highest BCUT2D eigenvalue weighted by molar-refractivity contribution is 5.66. The lowest BCUT2D eigenvalue weighted by Gasteiger charge is -2.06. The van der Waals surface area contributed by atoms with Crippen LogP contribution in [0, 0.1) is 0 Å². The molecule has 0 aliphatic carbocycles. The van der Waals surface area contributed by atoms with E-state index in [1.54, 1.807) is 0 Å². The fourth-order valence-electron chi connectivity index (χ4n) is 1.32. The highest BCUT2D eigenvalue weighted by Crippen LogP contribution is 1.94. The summed E-state index contributed by atoms with van der Waals surface area (Å²) in [6, 6.07) is 0. The summed E-state index contributed by atoms with van der Waals surface area (Å²) in [5.74, 6) is -0.782. The van der Waals surface area contributed by atoms with Gasteiger partial charge >= 0.3 is 5.97 Å². The van der Waals surface area contributed by atoms with Gasteiger partial charge in [-0.1, -0.05) is 19.8 Å². The molecular formula is C13H26O5. The summed E-state index contributed by atoms with van der Waals surface area (Å²) < 4.78 is 15.9. The Hall–Kier alpha value is -0.650. The molecule has 5 heteroatoms. The Labute approximate surface area is 109 Å². The number of rotatable bonds is 14. The van der Waals surface area contributed by atoms with Crippen molar-refractivity contribution in [2.24, 2.45) is 0 Å². The van der Waals surface area contributed by atoms with Crippen molar-refractivity contribution in [3.8, 4) is 0 Å². The van der Waals surface area contributed by atoms with E-state index >= 15 is 0 Å². The zero-order valence-corrected chi connectivity index (χ0v) is 11.4. The van der Waals surface area contributed by atoms with Gasteiger partial charge in [0.2, 0.25) is 0 Å². The van der Waals surface area contributed by atoms with E-state index in [0.717, 1.165) is 13.0 Å². The van der Waals surface area contributed by atoms with Crippen LogP contribution in [0.2, 0.25) is 0 Å². The van der Waals surface area contributed by atoms with Crippen LogP contribution in [0.25, 0.3) is 0 Å². The topological polar surface area (TPSA) is 65.0 Å². The van der Waals surface area contributed by atoms with Gasteiger partial charge in [0, 0.05) is 19.6 Å². The van der Waals surface area contributed by atoms with Crippen LogP contribution < -0.4 is 0 Å². The molecule has 1 N–H and O–H groups in total. The summed E-state index contributed by atoms with van der Waals surface area (Å²) in [4.78, 5) is 10.2. The van der Waals surface area contributed by atoms with E-state index in [0.29, 0.717) is 39.5 Å². The average molecular weight is 262 g/mol. The lowest BCUT2D eigenvalue weighted by Crippen LogP contribution is -2.10. The SMILES string of the molecule is CCCCCOCCOCCOCCCC(=O)O. The third-order valence-corrected chi connectivity index (χ3v) is 2.32. The maximum atomic E-state index is 10.2. The van der Waals surface area contributed by atoms with Crippen molar-refractivity contribution < 1.29 is 24.1 Å². The molecule has 0 aliphatic rings. The second kappa shape index (κ2) is 14.4. The number of carbonyl (C=O) groups is 1. The molecule has 0 aliphatic heterocycles. The van der Waals surface area contributed by atoms with Gasteiger partial charge in [0.15, 0.2) is 0 Å².